The minimum atomic E-state index is -0.633. The van der Waals surface area contributed by atoms with Crippen LogP contribution < -0.4 is 9.30 Å². The van der Waals surface area contributed by atoms with Crippen molar-refractivity contribution in [1.82, 2.24) is 4.90 Å². The zero-order valence-electron chi connectivity index (χ0n) is 13.3. The van der Waals surface area contributed by atoms with Gasteiger partial charge in [-0.1, -0.05) is 18.2 Å². The fourth-order valence-corrected chi connectivity index (χ4v) is 1.94. The van der Waals surface area contributed by atoms with Crippen molar-refractivity contribution >= 4 is 12.1 Å². The van der Waals surface area contributed by atoms with Gasteiger partial charge in [-0.15, -0.1) is 0 Å². The van der Waals surface area contributed by atoms with Gasteiger partial charge in [-0.25, -0.2) is 4.79 Å². The first-order chi connectivity index (χ1) is 11.0. The van der Waals surface area contributed by atoms with Gasteiger partial charge < -0.3 is 14.4 Å². The molecule has 0 fully saturated rings. The fourth-order valence-electron chi connectivity index (χ4n) is 1.94. The molecule has 0 aliphatic heterocycles. The highest BCUT2D eigenvalue weighted by molar-refractivity contribution is 5.69. The molecule has 0 bridgehead atoms. The summed E-state index contributed by atoms with van der Waals surface area (Å²) < 4.78 is 12.3. The first-order valence-electron chi connectivity index (χ1n) is 7.09. The summed E-state index contributed by atoms with van der Waals surface area (Å²) in [6, 6.07) is 12.7. The lowest BCUT2D eigenvalue weighted by molar-refractivity contribution is -0.746. The third-order valence-electron chi connectivity index (χ3n) is 3.00. The topological polar surface area (TPSA) is 59.7 Å². The van der Waals surface area contributed by atoms with Gasteiger partial charge in [0.15, 0.2) is 11.9 Å². The molecule has 6 nitrogen and oxygen atoms in total. The van der Waals surface area contributed by atoms with E-state index in [0.29, 0.717) is 5.75 Å². The summed E-state index contributed by atoms with van der Waals surface area (Å²) in [6.07, 6.45) is 2.24. The van der Waals surface area contributed by atoms with Crippen molar-refractivity contribution in [3.8, 4) is 5.75 Å². The molecule has 120 valence electrons. The number of nitrogens with zero attached hydrogens (tertiary/aromatic N) is 2. The molecule has 0 spiro atoms. The van der Waals surface area contributed by atoms with Gasteiger partial charge in [-0.05, 0) is 18.2 Å². The van der Waals surface area contributed by atoms with E-state index in [2.05, 4.69) is 0 Å². The van der Waals surface area contributed by atoms with Crippen molar-refractivity contribution in [3.05, 3.63) is 60.4 Å². The van der Waals surface area contributed by atoms with Gasteiger partial charge in [0.1, 0.15) is 0 Å². The molecule has 0 saturated heterocycles. The number of ether oxygens (including phenoxy) is 2. The van der Waals surface area contributed by atoms with Gasteiger partial charge in [0.2, 0.25) is 6.20 Å². The minimum Gasteiger partial charge on any atom is -0.404 e. The van der Waals surface area contributed by atoms with Crippen molar-refractivity contribution in [2.75, 3.05) is 14.1 Å². The third-order valence-corrected chi connectivity index (χ3v) is 3.00. The molecule has 0 aliphatic rings. The molecule has 1 heterocycles. The SMILES string of the molecule is CC(=O)OC(c1ccccc1)[n+]1cccc(OC(=O)N(C)C)c1. The Bertz CT molecular complexity index is 686. The number of aromatic nitrogens is 1. The van der Waals surface area contributed by atoms with Crippen LogP contribution in [0.1, 0.15) is 18.7 Å². The number of pyridine rings is 1. The van der Waals surface area contributed by atoms with Crippen LogP contribution in [0.15, 0.2) is 54.9 Å². The van der Waals surface area contributed by atoms with Gasteiger partial charge in [-0.3, -0.25) is 4.79 Å². The number of amides is 1. The summed E-state index contributed by atoms with van der Waals surface area (Å²) in [5.41, 5.74) is 0.809. The van der Waals surface area contributed by atoms with Crippen molar-refractivity contribution in [1.29, 1.82) is 0 Å². The zero-order valence-corrected chi connectivity index (χ0v) is 13.3. The highest BCUT2D eigenvalue weighted by atomic mass is 16.6. The summed E-state index contributed by atoms with van der Waals surface area (Å²) in [5.74, 6) is -0.0404. The number of hydrogen-bond donors (Lipinski definition) is 0. The molecule has 1 aromatic heterocycles. The first kappa shape index (κ1) is 16.5. The van der Waals surface area contributed by atoms with Crippen LogP contribution in [0.25, 0.3) is 0 Å². The van der Waals surface area contributed by atoms with E-state index in [0.717, 1.165) is 5.56 Å². The first-order valence-corrected chi connectivity index (χ1v) is 7.09. The second-order valence-electron chi connectivity index (χ2n) is 5.12. The van der Waals surface area contributed by atoms with Gasteiger partial charge in [0.25, 0.3) is 0 Å². The van der Waals surface area contributed by atoms with Gasteiger partial charge in [0, 0.05) is 27.1 Å². The van der Waals surface area contributed by atoms with Crippen LogP contribution >= 0.6 is 0 Å². The number of rotatable bonds is 4. The second-order valence-corrected chi connectivity index (χ2v) is 5.12. The summed E-state index contributed by atoms with van der Waals surface area (Å²) >= 11 is 0. The number of hydrogen-bond acceptors (Lipinski definition) is 4. The van der Waals surface area contributed by atoms with Gasteiger partial charge in [-0.2, -0.15) is 4.57 Å². The van der Waals surface area contributed by atoms with E-state index in [1.165, 1.54) is 11.8 Å². The van der Waals surface area contributed by atoms with Crippen molar-refractivity contribution in [2.45, 2.75) is 13.2 Å². The zero-order chi connectivity index (χ0) is 16.8. The van der Waals surface area contributed by atoms with Crippen molar-refractivity contribution in [2.24, 2.45) is 0 Å². The van der Waals surface area contributed by atoms with Crippen LogP contribution in [0, 0.1) is 0 Å². The summed E-state index contributed by atoms with van der Waals surface area (Å²) in [7, 11) is 3.20. The van der Waals surface area contributed by atoms with E-state index in [-0.39, 0.29) is 0 Å². The largest absolute Gasteiger partial charge is 0.414 e. The highest BCUT2D eigenvalue weighted by Crippen LogP contribution is 2.16. The summed E-state index contributed by atoms with van der Waals surface area (Å²) in [5, 5.41) is 0. The highest BCUT2D eigenvalue weighted by Gasteiger charge is 2.25. The fraction of sp³-hybridized carbons (Fsp3) is 0.235. The Morgan fingerprint density at radius 3 is 2.39 bits per heavy atom. The molecule has 1 atom stereocenters. The van der Waals surface area contributed by atoms with Crippen LogP contribution in [-0.2, 0) is 9.53 Å². The Balaban J connectivity index is 2.32. The number of carbonyl (C=O) groups excluding carboxylic acids is 2. The molecule has 0 N–H and O–H groups in total. The predicted molar refractivity (Wildman–Crippen MR) is 82.7 cm³/mol. The van der Waals surface area contributed by atoms with E-state index in [4.69, 9.17) is 9.47 Å². The molecule has 0 aliphatic carbocycles. The number of benzene rings is 1. The van der Waals surface area contributed by atoms with Crippen molar-refractivity contribution < 1.29 is 23.6 Å². The predicted octanol–water partition coefficient (Wildman–Crippen LogP) is 2.14. The van der Waals surface area contributed by atoms with Crippen LogP contribution in [-0.4, -0.2) is 31.1 Å². The van der Waals surface area contributed by atoms with E-state index in [1.54, 1.807) is 43.2 Å². The Hall–Kier alpha value is -2.89. The van der Waals surface area contributed by atoms with Gasteiger partial charge >= 0.3 is 18.3 Å². The van der Waals surface area contributed by atoms with Crippen LogP contribution in [0.5, 0.6) is 5.75 Å². The lowest BCUT2D eigenvalue weighted by atomic mass is 10.2. The average Bonchev–Trinajstić information content (AvgIpc) is 2.53. The molecule has 1 aromatic carbocycles. The van der Waals surface area contributed by atoms with Crippen molar-refractivity contribution in [3.63, 3.8) is 0 Å². The molecule has 2 aromatic rings. The maximum Gasteiger partial charge on any atom is 0.414 e. The average molecular weight is 315 g/mol. The molecule has 1 amide bonds. The molecular formula is C17H19N2O4+. The van der Waals surface area contributed by atoms with E-state index in [1.807, 2.05) is 30.3 Å². The van der Waals surface area contributed by atoms with Crippen LogP contribution in [0.3, 0.4) is 0 Å². The van der Waals surface area contributed by atoms with Crippen LogP contribution in [0.2, 0.25) is 0 Å². The smallest absolute Gasteiger partial charge is 0.404 e. The summed E-state index contributed by atoms with van der Waals surface area (Å²) in [6.45, 7) is 1.35. The van der Waals surface area contributed by atoms with E-state index < -0.39 is 18.3 Å². The van der Waals surface area contributed by atoms with E-state index >= 15 is 0 Å². The molecule has 0 saturated carbocycles. The molecule has 23 heavy (non-hydrogen) atoms. The quantitative estimate of drug-likeness (QED) is 0.641. The third kappa shape index (κ3) is 4.54. The molecule has 2 rings (SSSR count). The Labute approximate surface area is 134 Å². The van der Waals surface area contributed by atoms with E-state index in [9.17, 15) is 9.59 Å². The minimum absolute atomic E-state index is 0.360. The lowest BCUT2D eigenvalue weighted by Crippen LogP contribution is -2.42. The molecular weight excluding hydrogens is 296 g/mol. The summed E-state index contributed by atoms with van der Waals surface area (Å²) in [4.78, 5) is 24.4. The monoisotopic (exact) mass is 315 g/mol. The van der Waals surface area contributed by atoms with Crippen LogP contribution in [0.4, 0.5) is 4.79 Å². The number of esters is 1. The Morgan fingerprint density at radius 1 is 1.09 bits per heavy atom. The molecule has 1 unspecified atom stereocenters. The normalized spacial score (nSPS) is 11.4. The molecule has 6 heteroatoms. The standard InChI is InChI=1S/C17H19N2O4/c1-13(20)22-16(14-8-5-4-6-9-14)19-11-7-10-15(12-19)23-17(21)18(2)3/h4-12,16H,1-3H3/q+1. The maximum absolute atomic E-state index is 11.7. The lowest BCUT2D eigenvalue weighted by Gasteiger charge is -2.14. The number of carbonyl (C=O) groups is 2. The second kappa shape index (κ2) is 7.40. The van der Waals surface area contributed by atoms with Gasteiger partial charge in [0.05, 0.1) is 5.56 Å². The maximum atomic E-state index is 11.7. The molecule has 0 radical (unpaired) electrons. The Morgan fingerprint density at radius 2 is 1.78 bits per heavy atom. The Kier molecular flexibility index (Phi) is 5.30.